The topological polar surface area (TPSA) is 79.7 Å². The second-order valence-electron chi connectivity index (χ2n) is 6.94. The third kappa shape index (κ3) is 5.12. The van der Waals surface area contributed by atoms with Crippen molar-refractivity contribution >= 4 is 29.2 Å². The first-order valence-corrected chi connectivity index (χ1v) is 9.70. The van der Waals surface area contributed by atoms with Gasteiger partial charge in [-0.05, 0) is 37.5 Å². The molecule has 1 aromatic rings. The summed E-state index contributed by atoms with van der Waals surface area (Å²) in [6, 6.07) is 6.62. The van der Waals surface area contributed by atoms with Crippen LogP contribution in [0.2, 0.25) is 5.02 Å². The molecule has 2 saturated heterocycles. The lowest BCUT2D eigenvalue weighted by Gasteiger charge is -2.36. The van der Waals surface area contributed by atoms with E-state index < -0.39 is 0 Å². The number of nitriles is 1. The van der Waals surface area contributed by atoms with E-state index in [1.54, 1.807) is 23.1 Å². The Bertz CT molecular complexity index is 734. The number of nitrogens with one attached hydrogen (secondary N) is 1. The highest BCUT2D eigenvalue weighted by atomic mass is 35.5. The Hall–Kier alpha value is -2.30. The summed E-state index contributed by atoms with van der Waals surface area (Å²) >= 11 is 6.00. The summed E-state index contributed by atoms with van der Waals surface area (Å²) in [5.41, 5.74) is 0.938. The smallest absolute Gasteiger partial charge is 0.321 e. The van der Waals surface area contributed by atoms with Crippen molar-refractivity contribution in [1.29, 1.82) is 5.26 Å². The molecule has 3 amide bonds. The van der Waals surface area contributed by atoms with Crippen LogP contribution in [0.5, 0.6) is 0 Å². The van der Waals surface area contributed by atoms with E-state index in [9.17, 15) is 9.59 Å². The first-order chi connectivity index (χ1) is 13.1. The van der Waals surface area contributed by atoms with E-state index in [0.717, 1.165) is 25.9 Å². The van der Waals surface area contributed by atoms with Gasteiger partial charge >= 0.3 is 6.03 Å². The molecule has 0 spiro atoms. The molecule has 7 nitrogen and oxygen atoms in total. The molecule has 0 atom stereocenters. The molecular formula is C19H24ClN5O2. The summed E-state index contributed by atoms with van der Waals surface area (Å²) < 4.78 is 0. The number of piperidine rings is 1. The molecule has 2 aliphatic heterocycles. The predicted octanol–water partition coefficient (Wildman–Crippen LogP) is 2.37. The predicted molar refractivity (Wildman–Crippen MR) is 104 cm³/mol. The van der Waals surface area contributed by atoms with Crippen molar-refractivity contribution in [2.24, 2.45) is 0 Å². The average molecular weight is 390 g/mol. The summed E-state index contributed by atoms with van der Waals surface area (Å²) in [4.78, 5) is 30.6. The van der Waals surface area contributed by atoms with Gasteiger partial charge in [-0.3, -0.25) is 9.69 Å². The van der Waals surface area contributed by atoms with Crippen LogP contribution in [0, 0.1) is 11.3 Å². The SMILES string of the molecule is N#Cc1ccc(NC(=O)N2CCN(CC(=O)N3CCCCC3)CC2)cc1Cl. The quantitative estimate of drug-likeness (QED) is 0.860. The molecule has 2 heterocycles. The highest BCUT2D eigenvalue weighted by Crippen LogP contribution is 2.20. The van der Waals surface area contributed by atoms with Crippen LogP contribution in [0.1, 0.15) is 24.8 Å². The number of carbonyl (C=O) groups is 2. The molecule has 27 heavy (non-hydrogen) atoms. The van der Waals surface area contributed by atoms with E-state index in [1.165, 1.54) is 6.42 Å². The number of halogens is 1. The monoisotopic (exact) mass is 389 g/mol. The number of urea groups is 1. The van der Waals surface area contributed by atoms with Crippen LogP contribution in [0.3, 0.4) is 0 Å². The highest BCUT2D eigenvalue weighted by Gasteiger charge is 2.25. The van der Waals surface area contributed by atoms with Gasteiger partial charge in [-0.2, -0.15) is 5.26 Å². The first kappa shape index (κ1) is 19.5. The van der Waals surface area contributed by atoms with Gasteiger partial charge in [-0.1, -0.05) is 11.6 Å². The second-order valence-corrected chi connectivity index (χ2v) is 7.35. The summed E-state index contributed by atoms with van der Waals surface area (Å²) in [7, 11) is 0. The summed E-state index contributed by atoms with van der Waals surface area (Å²) in [6.07, 6.45) is 3.40. The Balaban J connectivity index is 1.45. The van der Waals surface area contributed by atoms with Crippen LogP contribution in [-0.4, -0.2) is 72.5 Å². The summed E-state index contributed by atoms with van der Waals surface area (Å²) in [5.74, 6) is 0.194. The molecule has 8 heteroatoms. The molecule has 0 aromatic heterocycles. The molecule has 1 N–H and O–H groups in total. The van der Waals surface area contributed by atoms with Gasteiger partial charge in [-0.25, -0.2) is 4.79 Å². The minimum atomic E-state index is -0.196. The number of carbonyl (C=O) groups excluding carboxylic acids is 2. The van der Waals surface area contributed by atoms with Crippen molar-refractivity contribution in [1.82, 2.24) is 14.7 Å². The fourth-order valence-corrected chi connectivity index (χ4v) is 3.65. The van der Waals surface area contributed by atoms with Gasteiger partial charge in [0.15, 0.2) is 0 Å². The van der Waals surface area contributed by atoms with Crippen LogP contribution < -0.4 is 5.32 Å². The van der Waals surface area contributed by atoms with E-state index in [1.807, 2.05) is 11.0 Å². The number of likely N-dealkylation sites (tertiary alicyclic amines) is 1. The van der Waals surface area contributed by atoms with E-state index in [4.69, 9.17) is 16.9 Å². The van der Waals surface area contributed by atoms with Crippen molar-refractivity contribution in [2.75, 3.05) is 51.1 Å². The maximum absolute atomic E-state index is 12.4. The maximum atomic E-state index is 12.4. The van der Waals surface area contributed by atoms with Gasteiger partial charge in [0, 0.05) is 45.0 Å². The van der Waals surface area contributed by atoms with Gasteiger partial charge in [-0.15, -0.1) is 0 Å². The van der Waals surface area contributed by atoms with Crippen molar-refractivity contribution < 1.29 is 9.59 Å². The molecule has 1 aromatic carbocycles. The number of anilines is 1. The molecular weight excluding hydrogens is 366 g/mol. The molecule has 0 unspecified atom stereocenters. The van der Waals surface area contributed by atoms with Crippen molar-refractivity contribution in [2.45, 2.75) is 19.3 Å². The minimum Gasteiger partial charge on any atom is -0.342 e. The number of benzene rings is 1. The summed E-state index contributed by atoms with van der Waals surface area (Å²) in [5, 5.41) is 12.0. The Morgan fingerprint density at radius 3 is 2.37 bits per heavy atom. The van der Waals surface area contributed by atoms with Gasteiger partial charge in [0.1, 0.15) is 6.07 Å². The van der Waals surface area contributed by atoms with Gasteiger partial charge in [0.05, 0.1) is 17.1 Å². The minimum absolute atomic E-state index is 0.194. The Kier molecular flexibility index (Phi) is 6.54. The zero-order valence-corrected chi connectivity index (χ0v) is 16.0. The largest absolute Gasteiger partial charge is 0.342 e. The molecule has 2 aliphatic rings. The first-order valence-electron chi connectivity index (χ1n) is 9.32. The molecule has 0 saturated carbocycles. The van der Waals surface area contributed by atoms with Crippen molar-refractivity contribution in [3.05, 3.63) is 28.8 Å². The van der Waals surface area contributed by atoms with Crippen LogP contribution in [-0.2, 0) is 4.79 Å². The number of hydrogen-bond donors (Lipinski definition) is 1. The second kappa shape index (κ2) is 9.07. The third-order valence-corrected chi connectivity index (χ3v) is 5.38. The highest BCUT2D eigenvalue weighted by molar-refractivity contribution is 6.32. The zero-order valence-electron chi connectivity index (χ0n) is 15.3. The van der Waals surface area contributed by atoms with E-state index in [2.05, 4.69) is 10.2 Å². The molecule has 3 rings (SSSR count). The third-order valence-electron chi connectivity index (χ3n) is 5.07. The summed E-state index contributed by atoms with van der Waals surface area (Å²) in [6.45, 7) is 4.68. The standard InChI is InChI=1S/C19H24ClN5O2/c20-17-12-16(5-4-15(17)13-21)22-19(27)25-10-8-23(9-11-25)14-18(26)24-6-2-1-3-7-24/h4-5,12H,1-3,6-11,14H2,(H,22,27). The average Bonchev–Trinajstić information content (AvgIpc) is 2.69. The maximum Gasteiger partial charge on any atom is 0.321 e. The fraction of sp³-hybridized carbons (Fsp3) is 0.526. The fourth-order valence-electron chi connectivity index (χ4n) is 3.43. The number of hydrogen-bond acceptors (Lipinski definition) is 4. The van der Waals surface area contributed by atoms with E-state index >= 15 is 0 Å². The van der Waals surface area contributed by atoms with Gasteiger partial charge in [0.25, 0.3) is 0 Å². The Labute approximate surface area is 164 Å². The van der Waals surface area contributed by atoms with Crippen molar-refractivity contribution in [3.8, 4) is 6.07 Å². The number of rotatable bonds is 3. The molecule has 2 fully saturated rings. The van der Waals surface area contributed by atoms with Crippen LogP contribution in [0.25, 0.3) is 0 Å². The van der Waals surface area contributed by atoms with Crippen molar-refractivity contribution in [3.63, 3.8) is 0 Å². The number of nitrogens with zero attached hydrogens (tertiary/aromatic N) is 4. The van der Waals surface area contributed by atoms with Gasteiger partial charge in [0.2, 0.25) is 5.91 Å². The van der Waals surface area contributed by atoms with E-state index in [0.29, 0.717) is 49.0 Å². The molecule has 144 valence electrons. The normalized spacial score (nSPS) is 18.1. The molecule has 0 bridgehead atoms. The van der Waals surface area contributed by atoms with Crippen LogP contribution >= 0.6 is 11.6 Å². The lowest BCUT2D eigenvalue weighted by atomic mass is 10.1. The lowest BCUT2D eigenvalue weighted by Crippen LogP contribution is -2.52. The lowest BCUT2D eigenvalue weighted by molar-refractivity contribution is -0.133. The Morgan fingerprint density at radius 2 is 1.74 bits per heavy atom. The van der Waals surface area contributed by atoms with Crippen LogP contribution in [0.4, 0.5) is 10.5 Å². The van der Waals surface area contributed by atoms with E-state index in [-0.39, 0.29) is 11.9 Å². The van der Waals surface area contributed by atoms with Gasteiger partial charge < -0.3 is 15.1 Å². The zero-order chi connectivity index (χ0) is 19.2. The molecule has 0 radical (unpaired) electrons. The Morgan fingerprint density at radius 1 is 1.04 bits per heavy atom. The van der Waals surface area contributed by atoms with Crippen LogP contribution in [0.15, 0.2) is 18.2 Å². The molecule has 0 aliphatic carbocycles. The number of amides is 3. The number of piperazine rings is 1.